The summed E-state index contributed by atoms with van der Waals surface area (Å²) in [6.45, 7) is 5.05. The monoisotopic (exact) mass is 2130 g/mol. The van der Waals surface area contributed by atoms with Crippen LogP contribution in [0.2, 0.25) is 10.0 Å². The highest BCUT2D eigenvalue weighted by Crippen LogP contribution is 2.52. The van der Waals surface area contributed by atoms with Crippen LogP contribution in [0.1, 0.15) is 148 Å². The summed E-state index contributed by atoms with van der Waals surface area (Å²) in [5.74, 6) is -20.6. The smallest absolute Gasteiger partial charge is 0.352 e. The average molecular weight is 2140 g/mol. The topological polar surface area (TPSA) is 765 Å². The number of halogens is 2. The summed E-state index contributed by atoms with van der Waals surface area (Å²) in [6.07, 6.45) is -15.3. The third-order valence-corrected chi connectivity index (χ3v) is 27.9. The number of carboxylic acid groups (broad SMARTS) is 2. The number of phenols is 3. The fourth-order valence-corrected chi connectivity index (χ4v) is 20.0. The standard InChI is InChI=1S/C94H109Cl2N19O31S2/c1-37(2)23-50(100-5)81(128)108-67-72(122)41-12-15-54(48(95)25-41)142-56-27-43-28-57(77(56)146-92-78(76(126)75(125)58(35-116)144-92)145-62-31-94(4,99)79(127)38(3)141-62)143-55-16-13-42(26-49(55)96)73(123)68-86(133)107-66(90(136)137)46-29-53(118)47(74(124)63(46)45-24-40(11-14-52(45)117)64(83(130)109-68)106-84(131)65(43)105-82(129)51(30-59(97)119)104-85(67)132)33-101-19-20-102-60(120)9-7-8-10-61(121)103-32-39-17-21-114(22-18-39)34-44-36-147-89-70(88(135)115(89)71(44)91(138)139)110-87(134)69(112-140-6)80-111-93(98)148-113-80/h11-18,21-22,24-29,37-38,50-51,58,62,64-68,70,72-73,75-76,78-79,89,92,100-101,116,122-123,125-127H,7-10,19-20,23,30-36,99H2,1-6H3,(H17-,97,98,102,103,104,105,106,107,108,109,110,111,112,113,117,118,119,120,121,124,128,129,130,131,132,133,134,136,137,138,139)/p+1/t38-,50+,51-,58+,62-,64?,65+,66-,67+,68?,70+,72+,73+,75+,76-,78+,79+,89+,92-,94-/m0/s1. The van der Waals surface area contributed by atoms with E-state index in [9.17, 15) is 94.5 Å². The molecule has 3 saturated heterocycles. The first-order valence-electron chi connectivity index (χ1n) is 46.5. The Morgan fingerprint density at radius 2 is 1.37 bits per heavy atom. The first-order valence-corrected chi connectivity index (χ1v) is 49.0. The Morgan fingerprint density at radius 3 is 1.98 bits per heavy atom. The van der Waals surface area contributed by atoms with E-state index in [0.717, 1.165) is 77.1 Å². The predicted octanol–water partition coefficient (Wildman–Crippen LogP) is -1.30. The molecule has 148 heavy (non-hydrogen) atoms. The summed E-state index contributed by atoms with van der Waals surface area (Å²) in [7, 11) is 2.65. The number of aliphatic hydroxyl groups is 6. The van der Waals surface area contributed by atoms with E-state index >= 15 is 24.0 Å². The van der Waals surface area contributed by atoms with Crippen molar-refractivity contribution in [2.75, 3.05) is 45.3 Å². The van der Waals surface area contributed by atoms with Crippen molar-refractivity contribution in [3.8, 4) is 57.1 Å². The van der Waals surface area contributed by atoms with Crippen molar-refractivity contribution in [3.63, 3.8) is 0 Å². The van der Waals surface area contributed by atoms with Crippen LogP contribution in [-0.4, -0.2) is 283 Å². The molecule has 2 aromatic heterocycles. The van der Waals surface area contributed by atoms with Crippen LogP contribution in [0.25, 0.3) is 11.1 Å². The Morgan fingerprint density at radius 1 is 0.730 bits per heavy atom. The number of rotatable bonds is 32. The van der Waals surface area contributed by atoms with Gasteiger partial charge in [-0.2, -0.15) is 9.36 Å². The number of nitrogen functional groups attached to an aromatic ring is 1. The van der Waals surface area contributed by atoms with Crippen molar-refractivity contribution < 1.29 is 156 Å². The Labute approximate surface area is 860 Å². The normalized spacial score (nSPS) is 25.8. The molecule has 28 N–H and O–H groups in total. The number of primary amides is 1. The molecule has 2 unspecified atom stereocenters. The number of benzene rings is 5. The van der Waals surface area contributed by atoms with Crippen LogP contribution in [0.5, 0.6) is 46.0 Å². The zero-order valence-corrected chi connectivity index (χ0v) is 83.0. The fraction of sp³-hybridized carbons (Fsp3) is 0.436. The summed E-state index contributed by atoms with van der Waals surface area (Å²) < 4.78 is 44.3. The minimum absolute atomic E-state index is 0.0288. The number of fused-ring (bicyclic) bond motifs is 16. The van der Waals surface area contributed by atoms with E-state index in [4.69, 9.17) is 73.7 Å². The number of nitrogens with one attached hydrogen (secondary N) is 11. The van der Waals surface area contributed by atoms with Crippen LogP contribution in [0, 0.1) is 5.92 Å². The van der Waals surface area contributed by atoms with Gasteiger partial charge in [-0.05, 0) is 128 Å². The van der Waals surface area contributed by atoms with Gasteiger partial charge >= 0.3 is 11.9 Å². The first kappa shape index (κ1) is 110. The number of phenolic OH excluding ortho intramolecular Hbond substituents is 3. The average Bonchev–Trinajstić information content (AvgIpc) is 0.854. The molecule has 50 nitrogen and oxygen atoms in total. The van der Waals surface area contributed by atoms with Gasteiger partial charge in [-0.25, -0.2) is 14.2 Å². The van der Waals surface area contributed by atoms with Crippen molar-refractivity contribution in [2.45, 2.75) is 213 Å². The number of anilines is 1. The highest BCUT2D eigenvalue weighted by atomic mass is 35.5. The number of oxime groups is 1. The van der Waals surface area contributed by atoms with Crippen molar-refractivity contribution in [1.82, 2.24) is 72.7 Å². The number of nitrogens with zero attached hydrogens (tertiary/aromatic N) is 5. The molecule has 0 radical (unpaired) electrons. The summed E-state index contributed by atoms with van der Waals surface area (Å²) in [4.78, 5) is 195. The Hall–Kier alpha value is -13.8. The Balaban J connectivity index is 0.734. The van der Waals surface area contributed by atoms with Gasteiger partial charge in [0.15, 0.2) is 54.0 Å². The quantitative estimate of drug-likeness (QED) is 0.00766. The number of unbranched alkanes of at least 4 members (excludes halogenated alkanes) is 1. The number of carbonyl (C=O) groups excluding carboxylic acids is 11. The molecular formula is C94H110Cl2N19O31S2+. The van der Waals surface area contributed by atoms with Crippen LogP contribution in [0.4, 0.5) is 5.13 Å². The van der Waals surface area contributed by atoms with Gasteiger partial charge in [-0.3, -0.25) is 57.6 Å². The lowest BCUT2D eigenvalue weighted by Gasteiger charge is -2.49. The lowest BCUT2D eigenvalue weighted by Crippen LogP contribution is -2.71. The highest BCUT2D eigenvalue weighted by molar-refractivity contribution is 8.00. The molecule has 7 aromatic rings. The van der Waals surface area contributed by atoms with Crippen LogP contribution < -0.4 is 94.5 Å². The fourth-order valence-electron chi connectivity index (χ4n) is 17.7. The number of β-lactam (4-membered cyclic amide) rings is 1. The van der Waals surface area contributed by atoms with Gasteiger partial charge in [0, 0.05) is 103 Å². The molecule has 9 aliphatic rings. The molecule has 0 aliphatic carbocycles. The van der Waals surface area contributed by atoms with E-state index in [1.807, 2.05) is 0 Å². The zero-order chi connectivity index (χ0) is 107. The molecule has 11 amide bonds. The number of carbonyl (C=O) groups is 13. The Bertz CT molecular complexity index is 6360. The number of likely N-dealkylation sites (N-methyl/N-ethyl adjacent to an activating group) is 1. The second kappa shape index (κ2) is 47.1. The van der Waals surface area contributed by atoms with Gasteiger partial charge in [0.05, 0.1) is 46.9 Å². The molecule has 792 valence electrons. The summed E-state index contributed by atoms with van der Waals surface area (Å²) >= 11 is 16.4. The molecule has 3 fully saturated rings. The number of amides is 11. The van der Waals surface area contributed by atoms with Crippen LogP contribution in [0.3, 0.4) is 0 Å². The molecule has 20 atom stereocenters. The van der Waals surface area contributed by atoms with Gasteiger partial charge in [0.2, 0.25) is 76.7 Å². The van der Waals surface area contributed by atoms with E-state index in [-0.39, 0.29) is 122 Å². The van der Waals surface area contributed by atoms with Gasteiger partial charge in [0.25, 0.3) is 11.8 Å². The molecular weight excluding hydrogens is 2030 g/mol. The van der Waals surface area contributed by atoms with Crippen molar-refractivity contribution in [2.24, 2.45) is 22.5 Å². The lowest BCUT2D eigenvalue weighted by molar-refractivity contribution is -0.689. The number of nitrogens with two attached hydrogens (primary N) is 3. The summed E-state index contributed by atoms with van der Waals surface area (Å²) in [6, 6.07) is -0.0835. The second-order valence-corrected chi connectivity index (χ2v) is 39.3. The molecule has 11 bridgehead atoms. The number of hydrogen-bond donors (Lipinski definition) is 25. The number of aromatic nitrogens is 3. The maximum Gasteiger partial charge on any atom is 0.352 e. The van der Waals surface area contributed by atoms with E-state index in [1.165, 1.54) is 51.9 Å². The zero-order valence-electron chi connectivity index (χ0n) is 79.8. The third kappa shape index (κ3) is 24.7. The summed E-state index contributed by atoms with van der Waals surface area (Å²) in [5.41, 5.74) is 13.3. The SMILES string of the molecule is CN[C@H](CC(C)C)C(=O)N[C@H]1C(=O)N[C@@H](CC(N)=O)C(=O)N[C@H]2C(=O)NC3C(=O)NC(C(=O)N[C@H](C(=O)O)c4cc(O)c(CNCCNC(=O)CCCCC(=O)NCc5cc[n+](CC6=C(C(=O)O)N7C(=O)[C@@H](NC(=O)/C(=N\OC)c8nsc(N)n8)[C@H]7SC6)cc5)c(O)c4-c4cc3ccc4O)[C@H](O)c3ccc(c(Cl)c3)Oc3cc2cc(c3O[C@@H]2O[C@H](CO)[C@@H](O)[C@H](O)[C@H]2O[C@H]2C[C@](C)(N)[C@H](O)[C@H](C)O2)Oc2ccc(cc2Cl)[C@H]1O. The maximum absolute atomic E-state index is 16.4. The van der Waals surface area contributed by atoms with Gasteiger partial charge in [-0.15, -0.1) is 11.8 Å². The Kier molecular flexibility index (Phi) is 35.0. The largest absolute Gasteiger partial charge is 0.507 e. The number of aliphatic hydroxyl groups excluding tert-OH is 6. The number of aromatic hydroxyl groups is 3. The molecule has 54 heteroatoms. The van der Waals surface area contributed by atoms with E-state index < -0.39 is 295 Å². The van der Waals surface area contributed by atoms with Crippen molar-refractivity contribution in [1.29, 1.82) is 0 Å². The number of thioether (sulfide) groups is 1. The number of pyridine rings is 1. The molecule has 11 heterocycles. The number of aliphatic carboxylic acids is 2. The van der Waals surface area contributed by atoms with Crippen LogP contribution in [0.15, 0.2) is 114 Å². The van der Waals surface area contributed by atoms with Crippen molar-refractivity contribution in [3.05, 3.63) is 163 Å². The molecule has 16 rings (SSSR count). The van der Waals surface area contributed by atoms with Crippen molar-refractivity contribution >= 4 is 134 Å². The van der Waals surface area contributed by atoms with Gasteiger partial charge in [-0.1, -0.05) is 60.4 Å². The minimum atomic E-state index is -2.43. The summed E-state index contributed by atoms with van der Waals surface area (Å²) in [5, 5.41) is 159. The molecule has 0 spiro atoms. The molecule has 9 aliphatic heterocycles. The van der Waals surface area contributed by atoms with Crippen LogP contribution in [-0.2, 0) is 101 Å². The number of carboxylic acids is 2. The highest BCUT2D eigenvalue weighted by Gasteiger charge is 2.56. The lowest BCUT2D eigenvalue weighted by atomic mass is 9.86. The minimum Gasteiger partial charge on any atom is -0.507 e. The van der Waals surface area contributed by atoms with Gasteiger partial charge in [0.1, 0.15) is 114 Å². The van der Waals surface area contributed by atoms with E-state index in [0.29, 0.717) is 11.1 Å². The molecule has 0 saturated carbocycles. The van der Waals surface area contributed by atoms with E-state index in [2.05, 4.69) is 73.0 Å². The van der Waals surface area contributed by atoms with Gasteiger partial charge < -0.3 is 165 Å². The number of ether oxygens (including phenoxy) is 6. The number of hydrogen-bond acceptors (Lipinski definition) is 38. The molecule has 5 aromatic carbocycles. The predicted molar refractivity (Wildman–Crippen MR) is 519 cm³/mol. The first-order chi connectivity index (χ1) is 70.3. The second-order valence-electron chi connectivity index (χ2n) is 36.6. The maximum atomic E-state index is 16.4. The van der Waals surface area contributed by atoms with E-state index in [1.54, 1.807) is 42.9 Å². The van der Waals surface area contributed by atoms with Crippen LogP contribution >= 0.6 is 46.5 Å². The third-order valence-electron chi connectivity index (χ3n) is 25.4.